The van der Waals surface area contributed by atoms with Crippen molar-refractivity contribution >= 4 is 23.3 Å². The van der Waals surface area contributed by atoms with Crippen LogP contribution >= 0.6 is 11.6 Å². The maximum Gasteiger partial charge on any atom is 0.322 e. The molecule has 0 saturated heterocycles. The van der Waals surface area contributed by atoms with Gasteiger partial charge in [0.05, 0.1) is 6.04 Å². The van der Waals surface area contributed by atoms with Gasteiger partial charge in [-0.1, -0.05) is 11.6 Å². The first-order valence-corrected chi connectivity index (χ1v) is 8.23. The van der Waals surface area contributed by atoms with Gasteiger partial charge in [0.25, 0.3) is 0 Å². The molecule has 2 aromatic rings. The number of aromatic nitrogens is 1. The predicted molar refractivity (Wildman–Crippen MR) is 98.4 cm³/mol. The maximum absolute atomic E-state index is 12.8. The molecule has 1 unspecified atom stereocenters. The Hall–Kier alpha value is -2.11. The summed E-state index contributed by atoms with van der Waals surface area (Å²) in [6.07, 6.45) is 3.49. The molecular weight excluding hydrogens is 324 g/mol. The fourth-order valence-corrected chi connectivity index (χ4v) is 2.46. The van der Waals surface area contributed by atoms with Crippen molar-refractivity contribution in [3.63, 3.8) is 0 Å². The number of carbonyl (C=O) groups excluding carboxylic acids is 1. The summed E-state index contributed by atoms with van der Waals surface area (Å²) < 4.78 is 0. The van der Waals surface area contributed by atoms with Crippen molar-refractivity contribution in [2.24, 2.45) is 0 Å². The summed E-state index contributed by atoms with van der Waals surface area (Å²) >= 11 is 5.89. The van der Waals surface area contributed by atoms with E-state index in [1.807, 2.05) is 38.1 Å². The van der Waals surface area contributed by atoms with E-state index in [1.54, 1.807) is 36.7 Å². The molecule has 0 fully saturated rings. The number of rotatable bonds is 6. The lowest BCUT2D eigenvalue weighted by Gasteiger charge is -2.30. The smallest absolute Gasteiger partial charge is 0.316 e. The summed E-state index contributed by atoms with van der Waals surface area (Å²) in [6, 6.07) is 10.8. The highest BCUT2D eigenvalue weighted by Crippen LogP contribution is 2.21. The summed E-state index contributed by atoms with van der Waals surface area (Å²) in [5.41, 5.74) is 1.77. The van der Waals surface area contributed by atoms with E-state index in [4.69, 9.17) is 11.6 Å². The Balaban J connectivity index is 2.14. The van der Waals surface area contributed by atoms with Gasteiger partial charge in [-0.05, 0) is 63.0 Å². The lowest BCUT2D eigenvalue weighted by molar-refractivity contribution is 0.185. The normalized spacial score (nSPS) is 12.0. The predicted octanol–water partition coefficient (Wildman–Crippen LogP) is 3.89. The van der Waals surface area contributed by atoms with Crippen molar-refractivity contribution < 1.29 is 4.79 Å². The van der Waals surface area contributed by atoms with Gasteiger partial charge < -0.3 is 15.1 Å². The first-order valence-electron chi connectivity index (χ1n) is 7.85. The quantitative estimate of drug-likeness (QED) is 0.863. The van der Waals surface area contributed by atoms with E-state index in [9.17, 15) is 4.79 Å². The van der Waals surface area contributed by atoms with Gasteiger partial charge in [-0.3, -0.25) is 4.98 Å². The second kappa shape index (κ2) is 8.66. The standard InChI is InChI=1S/C18H23ClN4O/c1-14(15-8-10-20-11-9-15)23(13-12-22(2)3)18(24)21-17-6-4-16(19)5-7-17/h4-11,14H,12-13H2,1-3H3,(H,21,24). The van der Waals surface area contributed by atoms with Crippen LogP contribution in [0, 0.1) is 0 Å². The van der Waals surface area contributed by atoms with Crippen LogP contribution in [0.2, 0.25) is 5.02 Å². The van der Waals surface area contributed by atoms with E-state index in [1.165, 1.54) is 0 Å². The lowest BCUT2D eigenvalue weighted by atomic mass is 10.1. The number of nitrogens with one attached hydrogen (secondary N) is 1. The van der Waals surface area contributed by atoms with Crippen molar-refractivity contribution in [2.45, 2.75) is 13.0 Å². The summed E-state index contributed by atoms with van der Waals surface area (Å²) in [7, 11) is 3.98. The largest absolute Gasteiger partial charge is 0.322 e. The van der Waals surface area contributed by atoms with Gasteiger partial charge in [-0.2, -0.15) is 0 Å². The van der Waals surface area contributed by atoms with Crippen LogP contribution in [-0.2, 0) is 0 Å². The van der Waals surface area contributed by atoms with Crippen molar-refractivity contribution in [1.29, 1.82) is 0 Å². The molecule has 6 heteroatoms. The zero-order chi connectivity index (χ0) is 17.5. The van der Waals surface area contributed by atoms with Gasteiger partial charge in [-0.15, -0.1) is 0 Å². The number of carbonyl (C=O) groups is 1. The van der Waals surface area contributed by atoms with E-state index in [2.05, 4.69) is 15.2 Å². The van der Waals surface area contributed by atoms with Crippen LogP contribution in [0.25, 0.3) is 0 Å². The van der Waals surface area contributed by atoms with Crippen molar-refractivity contribution in [3.8, 4) is 0 Å². The number of halogens is 1. The molecular formula is C18H23ClN4O. The second-order valence-corrected chi connectivity index (χ2v) is 6.33. The maximum atomic E-state index is 12.8. The SMILES string of the molecule is CC(c1ccncc1)N(CCN(C)C)C(=O)Nc1ccc(Cl)cc1. The van der Waals surface area contributed by atoms with Crippen LogP contribution in [0.15, 0.2) is 48.8 Å². The monoisotopic (exact) mass is 346 g/mol. The van der Waals surface area contributed by atoms with E-state index < -0.39 is 0 Å². The van der Waals surface area contributed by atoms with Crippen molar-refractivity contribution in [2.75, 3.05) is 32.5 Å². The summed E-state index contributed by atoms with van der Waals surface area (Å²) in [4.78, 5) is 20.7. The molecule has 128 valence electrons. The average Bonchev–Trinajstić information content (AvgIpc) is 2.57. The summed E-state index contributed by atoms with van der Waals surface area (Å²) in [6.45, 7) is 3.42. The highest BCUT2D eigenvalue weighted by atomic mass is 35.5. The van der Waals surface area contributed by atoms with Crippen LogP contribution in [0.3, 0.4) is 0 Å². The van der Waals surface area contributed by atoms with E-state index >= 15 is 0 Å². The first kappa shape index (κ1) is 18.2. The molecule has 24 heavy (non-hydrogen) atoms. The third-order valence-corrected chi connectivity index (χ3v) is 4.05. The second-order valence-electron chi connectivity index (χ2n) is 5.89. The van der Waals surface area contributed by atoms with Crippen LogP contribution in [0.1, 0.15) is 18.5 Å². The number of pyridine rings is 1. The molecule has 1 heterocycles. The molecule has 0 aliphatic rings. The first-order chi connectivity index (χ1) is 11.5. The number of amides is 2. The zero-order valence-electron chi connectivity index (χ0n) is 14.2. The number of anilines is 1. The average molecular weight is 347 g/mol. The molecule has 2 amide bonds. The van der Waals surface area contributed by atoms with E-state index in [0.717, 1.165) is 17.8 Å². The Bertz CT molecular complexity index is 646. The number of nitrogens with zero attached hydrogens (tertiary/aromatic N) is 3. The third kappa shape index (κ3) is 5.22. The Morgan fingerprint density at radius 1 is 1.12 bits per heavy atom. The highest BCUT2D eigenvalue weighted by molar-refractivity contribution is 6.30. The molecule has 0 spiro atoms. The van der Waals surface area contributed by atoms with E-state index in [0.29, 0.717) is 11.6 Å². The molecule has 5 nitrogen and oxygen atoms in total. The molecule has 1 atom stereocenters. The summed E-state index contributed by atoms with van der Waals surface area (Å²) in [5, 5.41) is 3.58. The molecule has 0 radical (unpaired) electrons. The van der Waals surface area contributed by atoms with Gasteiger partial charge in [0.1, 0.15) is 0 Å². The number of hydrogen-bond donors (Lipinski definition) is 1. The molecule has 0 bridgehead atoms. The zero-order valence-corrected chi connectivity index (χ0v) is 15.0. The third-order valence-electron chi connectivity index (χ3n) is 3.80. The minimum Gasteiger partial charge on any atom is -0.316 e. The van der Waals surface area contributed by atoms with Gasteiger partial charge in [0, 0.05) is 36.2 Å². The molecule has 1 aromatic carbocycles. The number of hydrogen-bond acceptors (Lipinski definition) is 3. The van der Waals surface area contributed by atoms with Crippen molar-refractivity contribution in [3.05, 3.63) is 59.4 Å². The van der Waals surface area contributed by atoms with Gasteiger partial charge in [0.2, 0.25) is 0 Å². The molecule has 0 aliphatic carbocycles. The van der Waals surface area contributed by atoms with Crippen LogP contribution in [0.4, 0.5) is 10.5 Å². The fraction of sp³-hybridized carbons (Fsp3) is 0.333. The summed E-state index contributed by atoms with van der Waals surface area (Å²) in [5.74, 6) is 0. The highest BCUT2D eigenvalue weighted by Gasteiger charge is 2.21. The fourth-order valence-electron chi connectivity index (χ4n) is 2.33. The Kier molecular flexibility index (Phi) is 6.58. The van der Waals surface area contributed by atoms with Crippen LogP contribution in [-0.4, -0.2) is 48.0 Å². The molecule has 1 aromatic heterocycles. The Morgan fingerprint density at radius 2 is 1.75 bits per heavy atom. The minimum absolute atomic E-state index is 0.0553. The minimum atomic E-state index is -0.136. The lowest BCUT2D eigenvalue weighted by Crippen LogP contribution is -2.41. The van der Waals surface area contributed by atoms with Crippen LogP contribution in [0.5, 0.6) is 0 Å². The topological polar surface area (TPSA) is 48.5 Å². The van der Waals surface area contributed by atoms with Gasteiger partial charge in [-0.25, -0.2) is 4.79 Å². The number of likely N-dealkylation sites (N-methyl/N-ethyl adjacent to an activating group) is 1. The molecule has 0 aliphatic heterocycles. The Morgan fingerprint density at radius 3 is 2.33 bits per heavy atom. The molecule has 2 rings (SSSR count). The van der Waals surface area contributed by atoms with Gasteiger partial charge >= 0.3 is 6.03 Å². The van der Waals surface area contributed by atoms with E-state index in [-0.39, 0.29) is 12.1 Å². The van der Waals surface area contributed by atoms with Gasteiger partial charge in [0.15, 0.2) is 0 Å². The number of urea groups is 1. The van der Waals surface area contributed by atoms with Crippen LogP contribution < -0.4 is 5.32 Å². The Labute approximate surface area is 148 Å². The molecule has 1 N–H and O–H groups in total. The number of benzene rings is 1. The molecule has 0 saturated carbocycles. The van der Waals surface area contributed by atoms with Crippen molar-refractivity contribution in [1.82, 2.24) is 14.8 Å².